The minimum absolute atomic E-state index is 0.0411. The molecule has 1 fully saturated rings. The smallest absolute Gasteiger partial charge is 0.315 e. The van der Waals surface area contributed by atoms with Gasteiger partial charge in [0.2, 0.25) is 0 Å². The van der Waals surface area contributed by atoms with E-state index in [-0.39, 0.29) is 12.1 Å². The summed E-state index contributed by atoms with van der Waals surface area (Å²) < 4.78 is 0. The third kappa shape index (κ3) is 6.81. The zero-order valence-corrected chi connectivity index (χ0v) is 14.1. The van der Waals surface area contributed by atoms with E-state index >= 15 is 0 Å². The van der Waals surface area contributed by atoms with E-state index in [1.54, 1.807) is 0 Å². The number of carbonyl (C=O) groups is 1. The minimum Gasteiger partial charge on any atom is -0.337 e. The van der Waals surface area contributed by atoms with Gasteiger partial charge in [0.15, 0.2) is 0 Å². The molecular weight excluding hydrogens is 272 g/mol. The second-order valence-electron chi connectivity index (χ2n) is 5.64. The molecule has 0 unspecified atom stereocenters. The molecule has 2 amide bonds. The molecule has 0 aliphatic carbocycles. The van der Waals surface area contributed by atoms with Gasteiger partial charge in [-0.3, -0.25) is 4.90 Å². The standard InChI is InChI=1S/C14H30N4OS/c1-5-20-9-6-12(2)16-14(19)15-10-13-11-17(3)7-8-18(13)4/h12-13H,5-11H2,1-4H3,(H2,15,16,19)/t12-,13-/m1/s1. The van der Waals surface area contributed by atoms with Gasteiger partial charge in [0, 0.05) is 38.3 Å². The first-order valence-corrected chi connectivity index (χ1v) is 8.69. The summed E-state index contributed by atoms with van der Waals surface area (Å²) in [7, 11) is 4.26. The number of nitrogens with one attached hydrogen (secondary N) is 2. The second-order valence-corrected chi connectivity index (χ2v) is 7.03. The summed E-state index contributed by atoms with van der Waals surface area (Å²) in [6.07, 6.45) is 1.03. The molecule has 1 aliphatic rings. The summed E-state index contributed by atoms with van der Waals surface area (Å²) in [6.45, 7) is 8.12. The molecule has 2 N–H and O–H groups in total. The Labute approximate surface area is 127 Å². The van der Waals surface area contributed by atoms with Gasteiger partial charge in [-0.05, 0) is 38.9 Å². The normalized spacial score (nSPS) is 22.5. The van der Waals surface area contributed by atoms with Crippen molar-refractivity contribution in [1.82, 2.24) is 20.4 Å². The largest absolute Gasteiger partial charge is 0.337 e. The summed E-state index contributed by atoms with van der Waals surface area (Å²) in [5.41, 5.74) is 0. The first-order chi connectivity index (χ1) is 9.52. The third-order valence-corrected chi connectivity index (χ3v) is 4.69. The van der Waals surface area contributed by atoms with Gasteiger partial charge >= 0.3 is 6.03 Å². The Bertz CT molecular complexity index is 290. The fourth-order valence-corrected chi connectivity index (χ4v) is 3.09. The van der Waals surface area contributed by atoms with E-state index in [0.717, 1.165) is 37.6 Å². The first-order valence-electron chi connectivity index (χ1n) is 7.53. The topological polar surface area (TPSA) is 47.6 Å². The molecule has 0 bridgehead atoms. The van der Waals surface area contributed by atoms with E-state index in [2.05, 4.69) is 48.4 Å². The Morgan fingerprint density at radius 3 is 2.85 bits per heavy atom. The predicted molar refractivity (Wildman–Crippen MR) is 87.5 cm³/mol. The Hall–Kier alpha value is -0.460. The molecule has 6 heteroatoms. The summed E-state index contributed by atoms with van der Waals surface area (Å²) >= 11 is 1.92. The summed E-state index contributed by atoms with van der Waals surface area (Å²) in [5.74, 6) is 2.24. The maximum Gasteiger partial charge on any atom is 0.315 e. The van der Waals surface area contributed by atoms with Crippen molar-refractivity contribution in [2.75, 3.05) is 51.8 Å². The van der Waals surface area contributed by atoms with Crippen molar-refractivity contribution < 1.29 is 4.79 Å². The maximum atomic E-state index is 11.9. The molecule has 0 radical (unpaired) electrons. The number of thioether (sulfide) groups is 1. The SMILES string of the molecule is CCSCC[C@@H](C)NC(=O)NC[C@@H]1CN(C)CCN1C. The fourth-order valence-electron chi connectivity index (χ4n) is 2.28. The molecular formula is C14H30N4OS. The molecule has 118 valence electrons. The molecule has 1 aliphatic heterocycles. The number of nitrogens with zero attached hydrogens (tertiary/aromatic N) is 2. The molecule has 0 saturated carbocycles. The van der Waals surface area contributed by atoms with Crippen LogP contribution in [0.15, 0.2) is 0 Å². The van der Waals surface area contributed by atoms with E-state index in [0.29, 0.717) is 12.6 Å². The van der Waals surface area contributed by atoms with Gasteiger partial charge in [-0.1, -0.05) is 6.92 Å². The molecule has 20 heavy (non-hydrogen) atoms. The van der Waals surface area contributed by atoms with Crippen LogP contribution >= 0.6 is 11.8 Å². The van der Waals surface area contributed by atoms with Crippen LogP contribution in [0.2, 0.25) is 0 Å². The first kappa shape index (κ1) is 17.6. The molecule has 0 aromatic carbocycles. The van der Waals surface area contributed by atoms with Crippen LogP contribution in [0, 0.1) is 0 Å². The monoisotopic (exact) mass is 302 g/mol. The molecule has 5 nitrogen and oxygen atoms in total. The van der Waals surface area contributed by atoms with Crippen LogP contribution < -0.4 is 10.6 Å². The number of carbonyl (C=O) groups excluding carboxylic acids is 1. The van der Waals surface area contributed by atoms with Crippen LogP contribution in [-0.2, 0) is 0 Å². The summed E-state index contributed by atoms with van der Waals surface area (Å²) in [5, 5.41) is 6.01. The Kier molecular flexibility index (Phi) is 8.33. The van der Waals surface area contributed by atoms with Crippen molar-refractivity contribution in [1.29, 1.82) is 0 Å². The van der Waals surface area contributed by atoms with Crippen molar-refractivity contribution >= 4 is 17.8 Å². The highest BCUT2D eigenvalue weighted by molar-refractivity contribution is 7.99. The van der Waals surface area contributed by atoms with E-state index in [4.69, 9.17) is 0 Å². The van der Waals surface area contributed by atoms with Gasteiger partial charge in [0.1, 0.15) is 0 Å². The second kappa shape index (κ2) is 9.47. The lowest BCUT2D eigenvalue weighted by atomic mass is 10.2. The van der Waals surface area contributed by atoms with E-state index in [1.807, 2.05) is 11.8 Å². The molecule has 1 heterocycles. The Balaban J connectivity index is 2.18. The van der Waals surface area contributed by atoms with Crippen molar-refractivity contribution in [2.24, 2.45) is 0 Å². The number of urea groups is 1. The van der Waals surface area contributed by atoms with E-state index in [9.17, 15) is 4.79 Å². The van der Waals surface area contributed by atoms with Gasteiger partial charge in [0.05, 0.1) is 0 Å². The number of hydrogen-bond acceptors (Lipinski definition) is 4. The van der Waals surface area contributed by atoms with Crippen LogP contribution in [0.5, 0.6) is 0 Å². The number of amides is 2. The molecule has 2 atom stereocenters. The van der Waals surface area contributed by atoms with Gasteiger partial charge in [-0.25, -0.2) is 4.79 Å². The van der Waals surface area contributed by atoms with Crippen molar-refractivity contribution in [3.8, 4) is 0 Å². The van der Waals surface area contributed by atoms with Crippen LogP contribution in [0.4, 0.5) is 4.79 Å². The van der Waals surface area contributed by atoms with Gasteiger partial charge in [0.25, 0.3) is 0 Å². The van der Waals surface area contributed by atoms with Crippen molar-refractivity contribution in [3.05, 3.63) is 0 Å². The zero-order valence-electron chi connectivity index (χ0n) is 13.3. The van der Waals surface area contributed by atoms with Crippen molar-refractivity contribution in [2.45, 2.75) is 32.4 Å². The quantitative estimate of drug-likeness (QED) is 0.691. The average molecular weight is 302 g/mol. The van der Waals surface area contributed by atoms with Crippen LogP contribution in [0.25, 0.3) is 0 Å². The summed E-state index contributed by atoms with van der Waals surface area (Å²) in [4.78, 5) is 16.5. The van der Waals surface area contributed by atoms with Crippen LogP contribution in [-0.4, -0.2) is 79.7 Å². The third-order valence-electron chi connectivity index (χ3n) is 3.76. The lowest BCUT2D eigenvalue weighted by Crippen LogP contribution is -2.55. The molecule has 0 aromatic rings. The number of likely N-dealkylation sites (N-methyl/N-ethyl adjacent to an activating group) is 2. The van der Waals surface area contributed by atoms with Gasteiger partial charge in [-0.2, -0.15) is 11.8 Å². The minimum atomic E-state index is -0.0411. The number of piperazine rings is 1. The highest BCUT2D eigenvalue weighted by atomic mass is 32.2. The van der Waals surface area contributed by atoms with Crippen molar-refractivity contribution in [3.63, 3.8) is 0 Å². The van der Waals surface area contributed by atoms with E-state index in [1.165, 1.54) is 0 Å². The molecule has 1 saturated heterocycles. The Morgan fingerprint density at radius 2 is 2.15 bits per heavy atom. The number of hydrogen-bond donors (Lipinski definition) is 2. The Morgan fingerprint density at radius 1 is 1.40 bits per heavy atom. The summed E-state index contributed by atoms with van der Waals surface area (Å²) in [6, 6.07) is 0.604. The highest BCUT2D eigenvalue weighted by Crippen LogP contribution is 2.05. The fraction of sp³-hybridized carbons (Fsp3) is 0.929. The lowest BCUT2D eigenvalue weighted by Gasteiger charge is -2.37. The van der Waals surface area contributed by atoms with Crippen LogP contribution in [0.3, 0.4) is 0 Å². The van der Waals surface area contributed by atoms with E-state index < -0.39 is 0 Å². The number of rotatable bonds is 7. The molecule has 1 rings (SSSR count). The molecule has 0 aromatic heterocycles. The molecule has 0 spiro atoms. The predicted octanol–water partition coefficient (Wildman–Crippen LogP) is 1.06. The average Bonchev–Trinajstić information content (AvgIpc) is 2.40. The van der Waals surface area contributed by atoms with Gasteiger partial charge in [-0.15, -0.1) is 0 Å². The zero-order chi connectivity index (χ0) is 15.0. The lowest BCUT2D eigenvalue weighted by molar-refractivity contribution is 0.114. The highest BCUT2D eigenvalue weighted by Gasteiger charge is 2.22. The maximum absolute atomic E-state index is 11.9. The van der Waals surface area contributed by atoms with Crippen LogP contribution in [0.1, 0.15) is 20.3 Å². The van der Waals surface area contributed by atoms with Gasteiger partial charge < -0.3 is 15.5 Å².